The normalized spacial score (nSPS) is 34.8. The van der Waals surface area contributed by atoms with Gasteiger partial charge in [0.2, 0.25) is 5.91 Å². The predicted molar refractivity (Wildman–Crippen MR) is 126 cm³/mol. The number of benzene rings is 1. The first-order chi connectivity index (χ1) is 15.7. The number of rotatable bonds is 6. The lowest BCUT2D eigenvalue weighted by atomic mass is 9.48. The first-order valence-electron chi connectivity index (χ1n) is 12.5. The summed E-state index contributed by atoms with van der Waals surface area (Å²) in [7, 11) is -2.32. The van der Waals surface area contributed by atoms with E-state index in [1.807, 2.05) is 0 Å². The van der Waals surface area contributed by atoms with Gasteiger partial charge < -0.3 is 5.32 Å². The van der Waals surface area contributed by atoms with E-state index in [1.54, 1.807) is 0 Å². The zero-order chi connectivity index (χ0) is 23.4. The van der Waals surface area contributed by atoms with Crippen LogP contribution in [0.4, 0.5) is 10.1 Å². The number of hydrogen-bond acceptors (Lipinski definition) is 3. The van der Waals surface area contributed by atoms with Crippen molar-refractivity contribution in [3.8, 4) is 0 Å². The van der Waals surface area contributed by atoms with Gasteiger partial charge in [-0.15, -0.1) is 0 Å². The molecule has 0 spiro atoms. The molecule has 5 aliphatic rings. The monoisotopic (exact) mass is 477 g/mol. The van der Waals surface area contributed by atoms with Gasteiger partial charge in [-0.2, -0.15) is 12.7 Å². The molecule has 182 valence electrons. The van der Waals surface area contributed by atoms with E-state index < -0.39 is 16.0 Å². The SMILES string of the molecule is CC(NC(=O)C1CCCN(S(=O)(=O)N(C)c2ccc(F)cc2)C1)C12CC3CC(CC(C3)C1)C2. The van der Waals surface area contributed by atoms with E-state index in [4.69, 9.17) is 0 Å². The van der Waals surface area contributed by atoms with Crippen LogP contribution in [0.25, 0.3) is 0 Å². The third-order valence-corrected chi connectivity index (χ3v) is 10.9. The molecular formula is C25H36FN3O3S. The van der Waals surface area contributed by atoms with Crippen LogP contribution in [0.15, 0.2) is 24.3 Å². The third-order valence-electron chi connectivity index (χ3n) is 8.98. The fraction of sp³-hybridized carbons (Fsp3) is 0.720. The maximum Gasteiger partial charge on any atom is 0.303 e. The van der Waals surface area contributed by atoms with Crippen LogP contribution in [0, 0.1) is 34.9 Å². The minimum Gasteiger partial charge on any atom is -0.353 e. The number of piperidine rings is 1. The minimum atomic E-state index is -3.80. The Hall–Kier alpha value is -1.67. The van der Waals surface area contributed by atoms with E-state index in [2.05, 4.69) is 12.2 Å². The summed E-state index contributed by atoms with van der Waals surface area (Å²) in [6, 6.07) is 5.54. The topological polar surface area (TPSA) is 69.7 Å². The average Bonchev–Trinajstić information content (AvgIpc) is 2.78. The van der Waals surface area contributed by atoms with Crippen LogP contribution in [0.2, 0.25) is 0 Å². The standard InChI is InChI=1S/C25H36FN3O3S/c1-17(25-13-18-10-19(14-25)12-20(11-18)15-25)27-24(30)21-4-3-9-29(16-21)33(31,32)28(2)23-7-5-22(26)6-8-23/h5-8,17-21H,3-4,9-16H2,1-2H3,(H,27,30). The molecule has 33 heavy (non-hydrogen) atoms. The molecule has 4 bridgehead atoms. The van der Waals surface area contributed by atoms with Gasteiger partial charge in [-0.1, -0.05) is 0 Å². The number of carbonyl (C=O) groups excluding carboxylic acids is 1. The van der Waals surface area contributed by atoms with Crippen molar-refractivity contribution < 1.29 is 17.6 Å². The molecule has 6 nitrogen and oxygen atoms in total. The van der Waals surface area contributed by atoms with Gasteiger partial charge in [0.05, 0.1) is 11.6 Å². The molecule has 1 aromatic carbocycles. The lowest BCUT2D eigenvalue weighted by molar-refractivity contribution is -0.130. The molecule has 1 saturated heterocycles. The van der Waals surface area contributed by atoms with Gasteiger partial charge in [-0.25, -0.2) is 4.39 Å². The minimum absolute atomic E-state index is 0.0115. The molecule has 4 aliphatic carbocycles. The first-order valence-corrected chi connectivity index (χ1v) is 13.9. The van der Waals surface area contributed by atoms with E-state index in [-0.39, 0.29) is 29.8 Å². The molecule has 1 heterocycles. The molecule has 1 amide bonds. The average molecular weight is 478 g/mol. The van der Waals surface area contributed by atoms with Crippen LogP contribution in [0.5, 0.6) is 0 Å². The van der Waals surface area contributed by atoms with Crippen molar-refractivity contribution in [1.29, 1.82) is 0 Å². The summed E-state index contributed by atoms with van der Waals surface area (Å²) in [4.78, 5) is 13.3. The van der Waals surface area contributed by atoms with E-state index in [9.17, 15) is 17.6 Å². The number of halogens is 1. The van der Waals surface area contributed by atoms with Gasteiger partial charge in [0.1, 0.15) is 5.82 Å². The van der Waals surface area contributed by atoms with Gasteiger partial charge in [0, 0.05) is 26.2 Å². The molecule has 0 radical (unpaired) electrons. The van der Waals surface area contributed by atoms with Crippen LogP contribution < -0.4 is 9.62 Å². The van der Waals surface area contributed by atoms with E-state index >= 15 is 0 Å². The maximum atomic E-state index is 13.3. The molecule has 1 aromatic rings. The number of carbonyl (C=O) groups is 1. The van der Waals surface area contributed by atoms with Gasteiger partial charge in [0.25, 0.3) is 0 Å². The van der Waals surface area contributed by atoms with Crippen molar-refractivity contribution >= 4 is 21.8 Å². The highest BCUT2D eigenvalue weighted by atomic mass is 32.2. The number of nitrogens with zero attached hydrogens (tertiary/aromatic N) is 2. The molecule has 1 N–H and O–H groups in total. The predicted octanol–water partition coefficient (Wildman–Crippen LogP) is 3.94. The molecule has 4 saturated carbocycles. The van der Waals surface area contributed by atoms with Crippen molar-refractivity contribution in [2.75, 3.05) is 24.4 Å². The fourth-order valence-electron chi connectivity index (χ4n) is 7.52. The maximum absolute atomic E-state index is 13.3. The van der Waals surface area contributed by atoms with Gasteiger partial charge in [-0.3, -0.25) is 9.10 Å². The number of anilines is 1. The van der Waals surface area contributed by atoms with E-state index in [0.717, 1.165) is 17.8 Å². The summed E-state index contributed by atoms with van der Waals surface area (Å²) in [5.41, 5.74) is 0.631. The Morgan fingerprint density at radius 2 is 1.70 bits per heavy atom. The zero-order valence-corrected chi connectivity index (χ0v) is 20.5. The van der Waals surface area contributed by atoms with Crippen LogP contribution in [0.3, 0.4) is 0 Å². The van der Waals surface area contributed by atoms with Crippen molar-refractivity contribution in [3.05, 3.63) is 30.1 Å². The quantitative estimate of drug-likeness (QED) is 0.675. The highest BCUT2D eigenvalue weighted by molar-refractivity contribution is 7.90. The molecule has 2 unspecified atom stereocenters. The Kier molecular flexibility index (Phi) is 5.96. The van der Waals surface area contributed by atoms with Crippen LogP contribution in [-0.2, 0) is 15.0 Å². The largest absolute Gasteiger partial charge is 0.353 e. The highest BCUT2D eigenvalue weighted by Gasteiger charge is 2.53. The first kappa shape index (κ1) is 23.1. The van der Waals surface area contributed by atoms with Crippen molar-refractivity contribution in [1.82, 2.24) is 9.62 Å². The van der Waals surface area contributed by atoms with Crippen LogP contribution in [0.1, 0.15) is 58.3 Å². The summed E-state index contributed by atoms with van der Waals surface area (Å²) in [6.45, 7) is 2.75. The number of hydrogen-bond donors (Lipinski definition) is 1. The zero-order valence-electron chi connectivity index (χ0n) is 19.7. The second kappa shape index (κ2) is 8.52. The Morgan fingerprint density at radius 3 is 2.27 bits per heavy atom. The lowest BCUT2D eigenvalue weighted by Crippen LogP contribution is -2.57. The van der Waals surface area contributed by atoms with Crippen LogP contribution in [-0.4, -0.2) is 44.8 Å². The molecule has 8 heteroatoms. The Labute approximate surface area is 197 Å². The summed E-state index contributed by atoms with van der Waals surface area (Å²) >= 11 is 0. The van der Waals surface area contributed by atoms with E-state index in [0.29, 0.717) is 25.1 Å². The highest BCUT2D eigenvalue weighted by Crippen LogP contribution is 2.61. The Balaban J connectivity index is 1.24. The molecule has 5 fully saturated rings. The van der Waals surface area contributed by atoms with Gasteiger partial charge in [0.15, 0.2) is 0 Å². The third kappa shape index (κ3) is 4.29. The Bertz CT molecular complexity index is 961. The van der Waals surface area contributed by atoms with Crippen molar-refractivity contribution in [3.63, 3.8) is 0 Å². The van der Waals surface area contributed by atoms with Crippen LogP contribution >= 0.6 is 0 Å². The summed E-state index contributed by atoms with van der Waals surface area (Å²) in [5.74, 6) is 1.72. The second-order valence-corrected chi connectivity index (χ2v) is 13.1. The van der Waals surface area contributed by atoms with E-state index in [1.165, 1.54) is 78.4 Å². The smallest absolute Gasteiger partial charge is 0.303 e. The molecule has 0 aromatic heterocycles. The fourth-order valence-corrected chi connectivity index (χ4v) is 8.98. The summed E-state index contributed by atoms with van der Waals surface area (Å²) in [6.07, 6.45) is 9.16. The molecule has 2 atom stereocenters. The van der Waals surface area contributed by atoms with Gasteiger partial charge >= 0.3 is 10.2 Å². The number of amides is 1. The lowest BCUT2D eigenvalue weighted by Gasteiger charge is -2.59. The molecule has 1 aliphatic heterocycles. The molecule has 6 rings (SSSR count). The summed E-state index contributed by atoms with van der Waals surface area (Å²) < 4.78 is 42.3. The number of nitrogens with one attached hydrogen (secondary N) is 1. The second-order valence-electron chi connectivity index (χ2n) is 11.2. The van der Waals surface area contributed by atoms with Crippen molar-refractivity contribution in [2.45, 2.75) is 64.3 Å². The summed E-state index contributed by atoms with van der Waals surface area (Å²) in [5, 5.41) is 3.33. The van der Waals surface area contributed by atoms with Gasteiger partial charge in [-0.05, 0) is 106 Å². The Morgan fingerprint density at radius 1 is 1.12 bits per heavy atom. The van der Waals surface area contributed by atoms with Crippen molar-refractivity contribution in [2.24, 2.45) is 29.1 Å². The molecular weight excluding hydrogens is 441 g/mol.